The van der Waals surface area contributed by atoms with Gasteiger partial charge in [-0.15, -0.1) is 0 Å². The van der Waals surface area contributed by atoms with Crippen LogP contribution in [0.2, 0.25) is 0 Å². The molecule has 1 aromatic carbocycles. The average molecular weight is 320 g/mol. The first kappa shape index (κ1) is 16.2. The van der Waals surface area contributed by atoms with Gasteiger partial charge in [-0.25, -0.2) is 9.97 Å². The zero-order valence-corrected chi connectivity index (χ0v) is 14.6. The van der Waals surface area contributed by atoms with Crippen LogP contribution >= 0.6 is 0 Å². The third-order valence-electron chi connectivity index (χ3n) is 4.16. The van der Waals surface area contributed by atoms with E-state index in [-0.39, 0.29) is 0 Å². The van der Waals surface area contributed by atoms with Gasteiger partial charge in [-0.1, -0.05) is 32.6 Å². The number of imidazole rings is 1. The number of nitrogens with one attached hydrogen (secondary N) is 1. The molecule has 4 heteroatoms. The summed E-state index contributed by atoms with van der Waals surface area (Å²) in [5.74, 6) is 1.52. The molecule has 0 aliphatic heterocycles. The van der Waals surface area contributed by atoms with Crippen molar-refractivity contribution in [2.24, 2.45) is 13.0 Å². The van der Waals surface area contributed by atoms with Gasteiger partial charge in [0.2, 0.25) is 0 Å². The fourth-order valence-corrected chi connectivity index (χ4v) is 2.71. The van der Waals surface area contributed by atoms with Crippen LogP contribution in [-0.2, 0) is 7.05 Å². The van der Waals surface area contributed by atoms with E-state index in [9.17, 15) is 0 Å². The Balaban J connectivity index is 1.84. The van der Waals surface area contributed by atoms with Gasteiger partial charge in [0.05, 0.1) is 18.2 Å². The predicted octanol–water partition coefficient (Wildman–Crippen LogP) is 5.00. The second kappa shape index (κ2) is 6.87. The van der Waals surface area contributed by atoms with Crippen molar-refractivity contribution in [1.82, 2.24) is 14.5 Å². The molecular formula is C20H24N4. The highest BCUT2D eigenvalue weighted by Crippen LogP contribution is 2.25. The van der Waals surface area contributed by atoms with Crippen LogP contribution in [0.25, 0.3) is 22.0 Å². The van der Waals surface area contributed by atoms with E-state index in [0.717, 1.165) is 46.4 Å². The molecule has 124 valence electrons. The van der Waals surface area contributed by atoms with Gasteiger partial charge in [0.15, 0.2) is 0 Å². The lowest BCUT2D eigenvalue weighted by Crippen LogP contribution is -2.01. The van der Waals surface area contributed by atoms with Crippen LogP contribution in [0.5, 0.6) is 0 Å². The van der Waals surface area contributed by atoms with E-state index in [1.807, 2.05) is 30.3 Å². The van der Waals surface area contributed by atoms with Crippen LogP contribution in [0.3, 0.4) is 0 Å². The van der Waals surface area contributed by atoms with Crippen molar-refractivity contribution in [1.29, 1.82) is 0 Å². The maximum atomic E-state index is 4.49. The smallest absolute Gasteiger partial charge is 0.130 e. The van der Waals surface area contributed by atoms with Crippen LogP contribution in [-0.4, -0.2) is 14.5 Å². The van der Waals surface area contributed by atoms with Gasteiger partial charge in [0.1, 0.15) is 5.82 Å². The molecule has 0 fully saturated rings. The van der Waals surface area contributed by atoms with E-state index in [2.05, 4.69) is 60.0 Å². The van der Waals surface area contributed by atoms with E-state index >= 15 is 0 Å². The third kappa shape index (κ3) is 3.65. The van der Waals surface area contributed by atoms with E-state index < -0.39 is 0 Å². The number of nitrogens with zero attached hydrogens (tertiary/aromatic N) is 3. The number of fused-ring (bicyclic) bond motifs is 1. The van der Waals surface area contributed by atoms with Crippen LogP contribution in [0, 0.1) is 5.92 Å². The van der Waals surface area contributed by atoms with Gasteiger partial charge in [0, 0.05) is 29.9 Å². The van der Waals surface area contributed by atoms with Crippen molar-refractivity contribution in [3.8, 4) is 11.3 Å². The number of allylic oxidation sites excluding steroid dienone is 1. The highest BCUT2D eigenvalue weighted by Gasteiger charge is 2.06. The minimum Gasteiger partial charge on any atom is -0.344 e. The Morgan fingerprint density at radius 3 is 2.75 bits per heavy atom. The molecule has 1 N–H and O–H groups in total. The molecule has 3 aromatic rings. The lowest BCUT2D eigenvalue weighted by atomic mass is 10.1. The Bertz CT molecular complexity index is 861. The second-order valence-corrected chi connectivity index (χ2v) is 6.68. The molecule has 0 saturated heterocycles. The van der Waals surface area contributed by atoms with Crippen LogP contribution < -0.4 is 5.32 Å². The first-order chi connectivity index (χ1) is 11.5. The predicted molar refractivity (Wildman–Crippen MR) is 101 cm³/mol. The number of aryl methyl sites for hydroxylation is 1. The first-order valence-electron chi connectivity index (χ1n) is 8.34. The fourth-order valence-electron chi connectivity index (χ4n) is 2.71. The number of benzene rings is 1. The lowest BCUT2D eigenvalue weighted by Gasteiger charge is -2.11. The second-order valence-electron chi connectivity index (χ2n) is 6.68. The molecule has 0 amide bonds. The molecular weight excluding hydrogens is 296 g/mol. The largest absolute Gasteiger partial charge is 0.344 e. The Hall–Kier alpha value is -2.62. The zero-order valence-electron chi connectivity index (χ0n) is 14.6. The standard InChI is InChI=1S/C20H24N4/c1-14(2)5-6-15(3)23-20-10-18-9-16(7-8-17(18)11-22-20)19-12-21-13-24(19)4/h7-14H,3,5-6H2,1-2,4H3,(H,22,23). The van der Waals surface area contributed by atoms with Crippen LogP contribution in [0.1, 0.15) is 26.7 Å². The summed E-state index contributed by atoms with van der Waals surface area (Å²) in [6.45, 7) is 8.56. The van der Waals surface area contributed by atoms with Crippen molar-refractivity contribution < 1.29 is 0 Å². The summed E-state index contributed by atoms with van der Waals surface area (Å²) in [5, 5.41) is 5.61. The van der Waals surface area contributed by atoms with Crippen molar-refractivity contribution in [3.63, 3.8) is 0 Å². The summed E-state index contributed by atoms with van der Waals surface area (Å²) in [5.41, 5.74) is 3.26. The molecule has 0 aliphatic carbocycles. The maximum absolute atomic E-state index is 4.49. The Labute approximate surface area is 143 Å². The van der Waals surface area contributed by atoms with Crippen molar-refractivity contribution in [2.45, 2.75) is 26.7 Å². The number of aromatic nitrogens is 3. The highest BCUT2D eigenvalue weighted by atomic mass is 15.0. The minimum atomic E-state index is 0.676. The van der Waals surface area contributed by atoms with Crippen molar-refractivity contribution in [3.05, 3.63) is 55.3 Å². The monoisotopic (exact) mass is 320 g/mol. The average Bonchev–Trinajstić information content (AvgIpc) is 2.98. The summed E-state index contributed by atoms with van der Waals surface area (Å²) in [7, 11) is 2.00. The van der Waals surface area contributed by atoms with Gasteiger partial charge in [-0.05, 0) is 36.3 Å². The number of pyridine rings is 1. The molecule has 0 saturated carbocycles. The molecule has 0 bridgehead atoms. The van der Waals surface area contributed by atoms with Gasteiger partial charge < -0.3 is 9.88 Å². The minimum absolute atomic E-state index is 0.676. The summed E-state index contributed by atoms with van der Waals surface area (Å²) >= 11 is 0. The normalized spacial score (nSPS) is 11.2. The molecule has 24 heavy (non-hydrogen) atoms. The Kier molecular flexibility index (Phi) is 4.65. The fraction of sp³-hybridized carbons (Fsp3) is 0.300. The number of hydrogen-bond acceptors (Lipinski definition) is 3. The van der Waals surface area contributed by atoms with Crippen molar-refractivity contribution in [2.75, 3.05) is 5.32 Å². The molecule has 3 rings (SSSR count). The van der Waals surface area contributed by atoms with Crippen molar-refractivity contribution >= 4 is 16.6 Å². The molecule has 2 aromatic heterocycles. The van der Waals surface area contributed by atoms with E-state index in [1.54, 1.807) is 0 Å². The molecule has 0 unspecified atom stereocenters. The first-order valence-corrected chi connectivity index (χ1v) is 8.34. The number of hydrogen-bond donors (Lipinski definition) is 1. The summed E-state index contributed by atoms with van der Waals surface area (Å²) in [6.07, 6.45) is 7.70. The van der Waals surface area contributed by atoms with E-state index in [0.29, 0.717) is 5.92 Å². The summed E-state index contributed by atoms with van der Waals surface area (Å²) in [6, 6.07) is 8.46. The van der Waals surface area contributed by atoms with Gasteiger partial charge in [-0.3, -0.25) is 0 Å². The van der Waals surface area contributed by atoms with Gasteiger partial charge in [0.25, 0.3) is 0 Å². The summed E-state index contributed by atoms with van der Waals surface area (Å²) in [4.78, 5) is 8.69. The molecule has 0 spiro atoms. The summed E-state index contributed by atoms with van der Waals surface area (Å²) < 4.78 is 2.02. The third-order valence-corrected chi connectivity index (χ3v) is 4.16. The molecule has 4 nitrogen and oxygen atoms in total. The van der Waals surface area contributed by atoms with E-state index in [1.165, 1.54) is 0 Å². The van der Waals surface area contributed by atoms with Crippen LogP contribution in [0.4, 0.5) is 5.82 Å². The molecule has 0 radical (unpaired) electrons. The molecule has 0 aliphatic rings. The Morgan fingerprint density at radius 1 is 1.21 bits per heavy atom. The molecule has 2 heterocycles. The Morgan fingerprint density at radius 2 is 2.04 bits per heavy atom. The van der Waals surface area contributed by atoms with Crippen LogP contribution in [0.15, 0.2) is 55.3 Å². The SMILES string of the molecule is C=C(CCC(C)C)Nc1cc2cc(-c3cncn3C)ccc2cn1. The topological polar surface area (TPSA) is 42.7 Å². The molecule has 0 atom stereocenters. The van der Waals surface area contributed by atoms with Gasteiger partial charge in [-0.2, -0.15) is 0 Å². The number of rotatable bonds is 6. The van der Waals surface area contributed by atoms with Gasteiger partial charge >= 0.3 is 0 Å². The quantitative estimate of drug-likeness (QED) is 0.695. The maximum Gasteiger partial charge on any atom is 0.130 e. The zero-order chi connectivity index (χ0) is 17.1. The lowest BCUT2D eigenvalue weighted by molar-refractivity contribution is 0.586. The van der Waals surface area contributed by atoms with E-state index in [4.69, 9.17) is 0 Å². The highest BCUT2D eigenvalue weighted by molar-refractivity contribution is 5.88. The number of anilines is 1.